The maximum Gasteiger partial charge on any atom is 0.354 e. The van der Waals surface area contributed by atoms with Crippen LogP contribution in [0.2, 0.25) is 0 Å². The average Bonchev–Trinajstić information content (AvgIpc) is 2.99. The Morgan fingerprint density at radius 3 is 2.12 bits per heavy atom. The zero-order chi connectivity index (χ0) is 28.1. The number of fused-ring (bicyclic) bond motifs is 1. The number of nitrogens with one attached hydrogen (secondary N) is 1. The third kappa shape index (κ3) is 5.57. The van der Waals surface area contributed by atoms with Gasteiger partial charge in [0.15, 0.2) is 12.3 Å². The van der Waals surface area contributed by atoms with Crippen LogP contribution in [0, 0.1) is 11.3 Å². The Bertz CT molecular complexity index is 1420. The van der Waals surface area contributed by atoms with Crippen LogP contribution in [0.15, 0.2) is 101 Å². The van der Waals surface area contributed by atoms with Crippen molar-refractivity contribution in [2.75, 3.05) is 12.4 Å². The molecule has 5 rings (SSSR count). The Morgan fingerprint density at radius 2 is 1.57 bits per heavy atom. The summed E-state index contributed by atoms with van der Waals surface area (Å²) in [5.41, 5.74) is 1.83. The fraction of sp³-hybridized carbons (Fsp3) is 0.200. The average molecular weight is 572 g/mol. The van der Waals surface area contributed by atoms with Gasteiger partial charge in [0, 0.05) is 11.2 Å². The van der Waals surface area contributed by atoms with Crippen LogP contribution in [0.1, 0.15) is 17.0 Å². The van der Waals surface area contributed by atoms with Crippen LogP contribution < -0.4 is 10.1 Å². The number of nitrogens with zero attached hydrogens (tertiary/aromatic N) is 2. The largest absolute Gasteiger partial charge is 0.484 e. The first-order chi connectivity index (χ1) is 19.5. The molecular formula is C30H25N3O5S2. The number of hydrogen-bond donors (Lipinski definition) is 2. The number of carbonyl (C=O) groups excluding carboxylic acids is 2. The minimum absolute atomic E-state index is 0.0386. The molecule has 1 saturated heterocycles. The fourth-order valence-corrected chi connectivity index (χ4v) is 7.74. The van der Waals surface area contributed by atoms with E-state index in [1.54, 1.807) is 24.3 Å². The van der Waals surface area contributed by atoms with E-state index in [9.17, 15) is 24.8 Å². The van der Waals surface area contributed by atoms with Crippen molar-refractivity contribution in [1.82, 2.24) is 10.2 Å². The van der Waals surface area contributed by atoms with Crippen molar-refractivity contribution >= 4 is 41.3 Å². The Labute approximate surface area is 240 Å². The first-order valence-electron chi connectivity index (χ1n) is 12.5. The molecule has 0 spiro atoms. The van der Waals surface area contributed by atoms with Gasteiger partial charge in [-0.2, -0.15) is 5.26 Å². The molecule has 1 fully saturated rings. The van der Waals surface area contributed by atoms with Crippen LogP contribution in [0.4, 0.5) is 0 Å². The maximum atomic E-state index is 13.5. The van der Waals surface area contributed by atoms with Gasteiger partial charge >= 0.3 is 5.97 Å². The van der Waals surface area contributed by atoms with Crippen molar-refractivity contribution in [2.24, 2.45) is 0 Å². The number of rotatable bonds is 10. The van der Waals surface area contributed by atoms with Crippen LogP contribution in [-0.4, -0.2) is 57.5 Å². The molecule has 3 aromatic carbocycles. The SMILES string of the molecule is N#CCSC1=C(C(=O)O)N2C(=O)[C@H](NC(=O)COc3ccccc3)[C@@H]2[C@H](C(c2ccccc2)c2ccccc2)S1. The van der Waals surface area contributed by atoms with Gasteiger partial charge < -0.3 is 15.2 Å². The predicted molar refractivity (Wildman–Crippen MR) is 153 cm³/mol. The molecule has 2 aliphatic rings. The topological polar surface area (TPSA) is 120 Å². The van der Waals surface area contributed by atoms with Gasteiger partial charge in [0.1, 0.15) is 11.8 Å². The molecule has 10 heteroatoms. The first kappa shape index (κ1) is 27.4. The molecule has 2 N–H and O–H groups in total. The molecule has 0 aromatic heterocycles. The molecule has 40 heavy (non-hydrogen) atoms. The van der Waals surface area contributed by atoms with Crippen molar-refractivity contribution in [3.05, 3.63) is 112 Å². The predicted octanol–water partition coefficient (Wildman–Crippen LogP) is 4.22. The summed E-state index contributed by atoms with van der Waals surface area (Å²) in [6.07, 6.45) is 0. The normalized spacial score (nSPS) is 19.9. The van der Waals surface area contributed by atoms with Crippen molar-refractivity contribution in [1.29, 1.82) is 5.26 Å². The number of nitriles is 1. The van der Waals surface area contributed by atoms with E-state index in [1.165, 1.54) is 16.7 Å². The summed E-state index contributed by atoms with van der Waals surface area (Å²) in [4.78, 5) is 40.0. The van der Waals surface area contributed by atoms with Crippen LogP contribution in [0.25, 0.3) is 0 Å². The second-order valence-corrected chi connectivity index (χ2v) is 11.5. The lowest BCUT2D eigenvalue weighted by molar-refractivity contribution is -0.155. The van der Waals surface area contributed by atoms with Gasteiger partial charge in [-0.05, 0) is 23.3 Å². The highest BCUT2D eigenvalue weighted by molar-refractivity contribution is 8.22. The van der Waals surface area contributed by atoms with Crippen LogP contribution in [-0.2, 0) is 14.4 Å². The number of β-lactam (4-membered cyclic amide) rings is 1. The Balaban J connectivity index is 1.51. The van der Waals surface area contributed by atoms with E-state index in [1.807, 2.05) is 72.8 Å². The molecule has 8 nitrogen and oxygen atoms in total. The van der Waals surface area contributed by atoms with Gasteiger partial charge in [0.2, 0.25) is 0 Å². The highest BCUT2D eigenvalue weighted by atomic mass is 32.2. The number of carboxylic acids is 1. The summed E-state index contributed by atoms with van der Waals surface area (Å²) in [7, 11) is 0. The molecule has 2 amide bonds. The van der Waals surface area contributed by atoms with E-state index in [4.69, 9.17) is 4.74 Å². The number of hydrogen-bond acceptors (Lipinski definition) is 7. The number of benzene rings is 3. The van der Waals surface area contributed by atoms with Gasteiger partial charge in [0.05, 0.1) is 22.1 Å². The Morgan fingerprint density at radius 1 is 1.00 bits per heavy atom. The lowest BCUT2D eigenvalue weighted by atomic mass is 9.79. The molecule has 202 valence electrons. The van der Waals surface area contributed by atoms with E-state index in [-0.39, 0.29) is 29.2 Å². The van der Waals surface area contributed by atoms with Gasteiger partial charge in [-0.3, -0.25) is 14.5 Å². The van der Waals surface area contributed by atoms with Crippen molar-refractivity contribution in [3.63, 3.8) is 0 Å². The first-order valence-corrected chi connectivity index (χ1v) is 14.4. The monoisotopic (exact) mass is 571 g/mol. The molecular weight excluding hydrogens is 546 g/mol. The van der Waals surface area contributed by atoms with Gasteiger partial charge in [-0.1, -0.05) is 78.9 Å². The third-order valence-electron chi connectivity index (χ3n) is 6.70. The maximum absolute atomic E-state index is 13.5. The standard InChI is InChI=1S/C30H25N3O5S2/c31-16-17-39-30-26(29(36)37)33-25(24(28(33)35)32-22(34)18-38-21-14-8-3-9-15-21)27(40-30)23(19-10-4-1-5-11-19)20-12-6-2-7-13-20/h1-15,23-25,27H,17-18H2,(H,32,34)(H,36,37)/t24-,25-,27+/m1/s1. The zero-order valence-electron chi connectivity index (χ0n) is 21.2. The van der Waals surface area contributed by atoms with Crippen molar-refractivity contribution in [3.8, 4) is 11.8 Å². The Hall–Kier alpha value is -4.20. The zero-order valence-corrected chi connectivity index (χ0v) is 22.8. The highest BCUT2D eigenvalue weighted by Gasteiger charge is 2.59. The molecule has 3 atom stereocenters. The molecule has 3 aromatic rings. The third-order valence-corrected chi connectivity index (χ3v) is 9.30. The summed E-state index contributed by atoms with van der Waals surface area (Å²) in [5, 5.41) is 21.8. The van der Waals surface area contributed by atoms with Crippen molar-refractivity contribution < 1.29 is 24.2 Å². The van der Waals surface area contributed by atoms with E-state index in [2.05, 4.69) is 5.32 Å². The second-order valence-electron chi connectivity index (χ2n) is 9.12. The van der Waals surface area contributed by atoms with Crippen molar-refractivity contribution in [2.45, 2.75) is 23.3 Å². The number of thioether (sulfide) groups is 2. The van der Waals surface area contributed by atoms with E-state index in [0.29, 0.717) is 9.99 Å². The summed E-state index contributed by atoms with van der Waals surface area (Å²) in [5.74, 6) is -1.91. The number of aliphatic carboxylic acids is 1. The summed E-state index contributed by atoms with van der Waals surface area (Å²) in [6, 6.07) is 29.0. The quantitative estimate of drug-likeness (QED) is 0.347. The van der Waals surface area contributed by atoms with Crippen LogP contribution >= 0.6 is 23.5 Å². The molecule has 0 bridgehead atoms. The summed E-state index contributed by atoms with van der Waals surface area (Å²) < 4.78 is 5.96. The van der Waals surface area contributed by atoms with E-state index in [0.717, 1.165) is 22.9 Å². The second kappa shape index (κ2) is 12.3. The number of amides is 2. The highest BCUT2D eigenvalue weighted by Crippen LogP contribution is 2.53. The minimum Gasteiger partial charge on any atom is -0.484 e. The summed E-state index contributed by atoms with van der Waals surface area (Å²) in [6.45, 7) is -0.288. The number of ether oxygens (including phenoxy) is 1. The minimum atomic E-state index is -1.25. The molecule has 2 aliphatic heterocycles. The number of para-hydroxylation sites is 1. The molecule has 0 radical (unpaired) electrons. The number of carboxylic acid groups (broad SMARTS) is 1. The lowest BCUT2D eigenvalue weighted by Gasteiger charge is -2.54. The number of carbonyl (C=O) groups is 3. The van der Waals surface area contributed by atoms with Gasteiger partial charge in [-0.15, -0.1) is 23.5 Å². The Kier molecular flexibility index (Phi) is 8.43. The van der Waals surface area contributed by atoms with Crippen LogP contribution in [0.5, 0.6) is 5.75 Å². The molecule has 0 saturated carbocycles. The smallest absolute Gasteiger partial charge is 0.354 e. The molecule has 0 unspecified atom stereocenters. The fourth-order valence-electron chi connectivity index (χ4n) is 5.03. The lowest BCUT2D eigenvalue weighted by Crippen LogP contribution is -2.75. The van der Waals surface area contributed by atoms with Gasteiger partial charge in [0.25, 0.3) is 11.8 Å². The molecule has 2 heterocycles. The molecule has 0 aliphatic carbocycles. The van der Waals surface area contributed by atoms with E-state index >= 15 is 0 Å². The van der Waals surface area contributed by atoms with Gasteiger partial charge in [-0.25, -0.2) is 4.79 Å². The van der Waals surface area contributed by atoms with Crippen LogP contribution in [0.3, 0.4) is 0 Å². The summed E-state index contributed by atoms with van der Waals surface area (Å²) >= 11 is 2.45. The van der Waals surface area contributed by atoms with E-state index < -0.39 is 29.9 Å².